The van der Waals surface area contributed by atoms with Crippen molar-refractivity contribution >= 4 is 64.6 Å². The van der Waals surface area contributed by atoms with E-state index in [0.29, 0.717) is 30.4 Å². The Labute approximate surface area is 285 Å². The predicted octanol–water partition coefficient (Wildman–Crippen LogP) is 5.29. The zero-order valence-corrected chi connectivity index (χ0v) is 27.4. The van der Waals surface area contributed by atoms with Crippen LogP contribution >= 0.6 is 23.2 Å². The second-order valence-electron chi connectivity index (χ2n) is 12.6. The van der Waals surface area contributed by atoms with Gasteiger partial charge in [-0.2, -0.15) is 0 Å². The highest BCUT2D eigenvalue weighted by molar-refractivity contribution is 6.58. The van der Waals surface area contributed by atoms with Gasteiger partial charge in [0.1, 0.15) is 5.82 Å². The highest BCUT2D eigenvalue weighted by Crippen LogP contribution is 2.63. The minimum absolute atomic E-state index is 0.00595. The molecule has 0 radical (unpaired) electrons. The molecule has 10 nitrogen and oxygen atoms in total. The number of phenols is 1. The Morgan fingerprint density at radius 2 is 1.75 bits per heavy atom. The van der Waals surface area contributed by atoms with Crippen LogP contribution in [0.2, 0.25) is 0 Å². The predicted molar refractivity (Wildman–Crippen MR) is 174 cm³/mol. The van der Waals surface area contributed by atoms with Gasteiger partial charge < -0.3 is 14.9 Å². The summed E-state index contributed by atoms with van der Waals surface area (Å²) in [5.41, 5.74) is 1.27. The van der Waals surface area contributed by atoms with E-state index in [2.05, 4.69) is 0 Å². The van der Waals surface area contributed by atoms with E-state index in [1.807, 2.05) is 6.08 Å². The van der Waals surface area contributed by atoms with Crippen molar-refractivity contribution < 1.29 is 43.3 Å². The summed E-state index contributed by atoms with van der Waals surface area (Å²) < 4.78 is 19.0. The van der Waals surface area contributed by atoms with Gasteiger partial charge in [0.05, 0.1) is 24.6 Å². The SMILES string of the molecule is COc1cc(C=CC2C3=CCC4C(=O)N(CCCCCC(=O)O)C(=O)C4C3CC3(Cl)C(=O)N(c4ccc(F)cc4)C(=O)C23Cl)ccc1O. The number of ether oxygens (including phenoxy) is 1. The first-order valence-corrected chi connectivity index (χ1v) is 16.4. The molecule has 2 aliphatic carbocycles. The van der Waals surface area contributed by atoms with E-state index in [-0.39, 0.29) is 48.9 Å². The molecule has 252 valence electrons. The van der Waals surface area contributed by atoms with Crippen LogP contribution in [0.1, 0.15) is 44.1 Å². The number of allylic oxidation sites excluding steroid dienone is 3. The van der Waals surface area contributed by atoms with Crippen LogP contribution in [0, 0.1) is 29.5 Å². The van der Waals surface area contributed by atoms with Crippen LogP contribution in [0.25, 0.3) is 6.08 Å². The number of phenolic OH excluding ortho intramolecular Hbond substituents is 1. The number of hydrogen-bond donors (Lipinski definition) is 2. The molecular formula is C35H33Cl2FN2O8. The Hall–Kier alpha value is -4.22. The Balaban J connectivity index is 1.39. The largest absolute Gasteiger partial charge is 0.504 e. The fraction of sp³-hybridized carbons (Fsp3) is 0.400. The van der Waals surface area contributed by atoms with Crippen LogP contribution in [-0.4, -0.2) is 68.1 Å². The van der Waals surface area contributed by atoms with Crippen molar-refractivity contribution in [2.45, 2.75) is 48.3 Å². The Kier molecular flexibility index (Phi) is 8.89. The van der Waals surface area contributed by atoms with E-state index in [1.54, 1.807) is 24.3 Å². The lowest BCUT2D eigenvalue weighted by Gasteiger charge is -2.49. The monoisotopic (exact) mass is 698 g/mol. The van der Waals surface area contributed by atoms with Gasteiger partial charge >= 0.3 is 5.97 Å². The second kappa shape index (κ2) is 12.7. The first kappa shape index (κ1) is 33.7. The summed E-state index contributed by atoms with van der Waals surface area (Å²) in [4.78, 5) is 64.9. The molecular weight excluding hydrogens is 666 g/mol. The number of anilines is 1. The molecule has 3 fully saturated rings. The molecule has 0 spiro atoms. The number of carboxylic acid groups (broad SMARTS) is 1. The summed E-state index contributed by atoms with van der Waals surface area (Å²) in [5, 5.41) is 19.0. The van der Waals surface area contributed by atoms with E-state index in [9.17, 15) is 33.5 Å². The third-order valence-corrected chi connectivity index (χ3v) is 11.4. The average molecular weight is 700 g/mol. The molecule has 4 aliphatic rings. The van der Waals surface area contributed by atoms with Crippen LogP contribution in [0.3, 0.4) is 0 Å². The number of rotatable bonds is 10. The van der Waals surface area contributed by atoms with Crippen molar-refractivity contribution in [2.75, 3.05) is 18.6 Å². The van der Waals surface area contributed by atoms with Gasteiger partial charge in [0.15, 0.2) is 21.2 Å². The highest BCUT2D eigenvalue weighted by atomic mass is 35.5. The minimum atomic E-state index is -2.05. The molecule has 48 heavy (non-hydrogen) atoms. The lowest BCUT2D eigenvalue weighted by atomic mass is 9.57. The molecule has 0 aromatic heterocycles. The molecule has 2 heterocycles. The zero-order chi connectivity index (χ0) is 34.5. The standard InChI is InChI=1S/C35H33Cl2FN2O8/c1-48-27-17-19(7-15-26(27)41)6-14-25-22-12-13-23-29(31(45)39(30(23)44)16-4-2-3-5-28(42)43)24(22)18-34(36)32(46)40(33(47)35(25,34)37)21-10-8-20(38)9-11-21/h6-12,14-15,17,23-25,29,41H,2-5,13,16,18H2,1H3,(H,42,43). The average Bonchev–Trinajstić information content (AvgIpc) is 3.38. The summed E-state index contributed by atoms with van der Waals surface area (Å²) in [5.74, 6) is -6.97. The van der Waals surface area contributed by atoms with Gasteiger partial charge in [-0.05, 0) is 73.6 Å². The van der Waals surface area contributed by atoms with Crippen LogP contribution in [0.15, 0.2) is 60.2 Å². The number of aromatic hydroxyl groups is 1. The summed E-state index contributed by atoms with van der Waals surface area (Å²) in [6, 6.07) is 9.43. The van der Waals surface area contributed by atoms with Gasteiger partial charge in [0.25, 0.3) is 11.8 Å². The summed E-state index contributed by atoms with van der Waals surface area (Å²) in [7, 11) is 1.40. The maximum atomic E-state index is 14.3. The fourth-order valence-corrected chi connectivity index (χ4v) is 8.55. The van der Waals surface area contributed by atoms with Gasteiger partial charge in [0, 0.05) is 18.9 Å². The number of carbonyl (C=O) groups is 5. The van der Waals surface area contributed by atoms with E-state index in [0.717, 1.165) is 17.0 Å². The number of alkyl halides is 2. The number of carbonyl (C=O) groups excluding carboxylic acids is 4. The summed E-state index contributed by atoms with van der Waals surface area (Å²) in [6.45, 7) is 0.138. The molecule has 6 unspecified atom stereocenters. The van der Waals surface area contributed by atoms with Gasteiger partial charge in [-0.3, -0.25) is 28.9 Å². The number of likely N-dealkylation sites (tertiary alicyclic amines) is 1. The van der Waals surface area contributed by atoms with Crippen LogP contribution in [-0.2, 0) is 24.0 Å². The number of halogens is 3. The summed E-state index contributed by atoms with van der Waals surface area (Å²) in [6.07, 6.45) is 6.52. The maximum Gasteiger partial charge on any atom is 0.303 e. The minimum Gasteiger partial charge on any atom is -0.504 e. The van der Waals surface area contributed by atoms with E-state index in [4.69, 9.17) is 33.0 Å². The van der Waals surface area contributed by atoms with E-state index >= 15 is 0 Å². The van der Waals surface area contributed by atoms with Crippen LogP contribution in [0.5, 0.6) is 11.5 Å². The number of nitrogens with zero attached hydrogens (tertiary/aromatic N) is 2. The van der Waals surface area contributed by atoms with Gasteiger partial charge in [0.2, 0.25) is 11.8 Å². The molecule has 2 saturated heterocycles. The van der Waals surface area contributed by atoms with Crippen molar-refractivity contribution in [2.24, 2.45) is 23.7 Å². The smallest absolute Gasteiger partial charge is 0.303 e. The topological polar surface area (TPSA) is 142 Å². The molecule has 0 bridgehead atoms. The maximum absolute atomic E-state index is 14.3. The number of aliphatic carboxylic acids is 1. The fourth-order valence-electron chi connectivity index (χ4n) is 7.66. The molecule has 2 N–H and O–H groups in total. The molecule has 6 atom stereocenters. The number of fused-ring (bicyclic) bond motifs is 4. The second-order valence-corrected chi connectivity index (χ2v) is 13.9. The lowest BCUT2D eigenvalue weighted by molar-refractivity contribution is -0.141. The lowest BCUT2D eigenvalue weighted by Crippen LogP contribution is -2.60. The number of amides is 4. The van der Waals surface area contributed by atoms with Crippen molar-refractivity contribution in [3.05, 3.63) is 71.6 Å². The van der Waals surface area contributed by atoms with Gasteiger partial charge in [-0.1, -0.05) is 36.3 Å². The molecule has 13 heteroatoms. The number of imide groups is 2. The first-order valence-electron chi connectivity index (χ1n) is 15.7. The highest BCUT2D eigenvalue weighted by Gasteiger charge is 2.76. The zero-order valence-electron chi connectivity index (χ0n) is 25.9. The number of benzene rings is 2. The van der Waals surface area contributed by atoms with Gasteiger partial charge in [-0.25, -0.2) is 9.29 Å². The Morgan fingerprint density at radius 3 is 2.44 bits per heavy atom. The van der Waals surface area contributed by atoms with Crippen molar-refractivity contribution in [3.63, 3.8) is 0 Å². The third kappa shape index (κ3) is 5.27. The molecule has 2 aliphatic heterocycles. The van der Waals surface area contributed by atoms with E-state index < -0.39 is 62.9 Å². The Bertz CT molecular complexity index is 1760. The molecule has 2 aromatic carbocycles. The number of carboxylic acids is 1. The van der Waals surface area contributed by atoms with Crippen molar-refractivity contribution in [3.8, 4) is 11.5 Å². The van der Waals surface area contributed by atoms with Crippen LogP contribution in [0.4, 0.5) is 10.1 Å². The molecule has 6 rings (SSSR count). The number of unbranched alkanes of at least 4 members (excludes halogenated alkanes) is 2. The number of methoxy groups -OCH3 is 1. The molecule has 2 aromatic rings. The first-order chi connectivity index (χ1) is 22.8. The van der Waals surface area contributed by atoms with E-state index in [1.165, 1.54) is 30.2 Å². The molecule has 1 saturated carbocycles. The summed E-state index contributed by atoms with van der Waals surface area (Å²) >= 11 is 14.6. The molecule has 4 amide bonds. The Morgan fingerprint density at radius 1 is 1.02 bits per heavy atom. The van der Waals surface area contributed by atoms with Crippen molar-refractivity contribution in [1.82, 2.24) is 4.90 Å². The normalized spacial score (nSPS) is 29.6. The van der Waals surface area contributed by atoms with Crippen LogP contribution < -0.4 is 9.64 Å². The third-order valence-electron chi connectivity index (χ3n) is 10.0. The quantitative estimate of drug-likeness (QED) is 0.148. The van der Waals surface area contributed by atoms with Crippen molar-refractivity contribution in [1.29, 1.82) is 0 Å². The van der Waals surface area contributed by atoms with Gasteiger partial charge in [-0.15, -0.1) is 23.2 Å². The number of hydrogen-bond acceptors (Lipinski definition) is 7.